The van der Waals surface area contributed by atoms with E-state index in [2.05, 4.69) is 15.1 Å². The van der Waals surface area contributed by atoms with E-state index in [0.717, 1.165) is 28.1 Å². The molecule has 7 heteroatoms. The molecule has 2 aromatic carbocycles. The largest absolute Gasteiger partial charge is 0.497 e. The third-order valence-electron chi connectivity index (χ3n) is 4.64. The molecule has 0 radical (unpaired) electrons. The first kappa shape index (κ1) is 17.5. The molecule has 1 N–H and O–H groups in total. The number of hydrogen-bond acceptors (Lipinski definition) is 4. The van der Waals surface area contributed by atoms with Crippen molar-refractivity contribution in [2.75, 3.05) is 13.0 Å². The summed E-state index contributed by atoms with van der Waals surface area (Å²) in [6.45, 7) is 0. The Morgan fingerprint density at radius 1 is 1.26 bits per heavy atom. The third kappa shape index (κ3) is 3.40. The molecule has 2 heterocycles. The van der Waals surface area contributed by atoms with Gasteiger partial charge in [0.05, 0.1) is 24.2 Å². The van der Waals surface area contributed by atoms with Gasteiger partial charge in [-0.2, -0.15) is 5.10 Å². The van der Waals surface area contributed by atoms with Crippen molar-refractivity contribution in [3.05, 3.63) is 59.9 Å². The topological polar surface area (TPSA) is 70.6 Å². The molecule has 0 spiro atoms. The van der Waals surface area contributed by atoms with Crippen molar-refractivity contribution in [2.24, 2.45) is 5.10 Å². The van der Waals surface area contributed by atoms with Crippen molar-refractivity contribution in [1.29, 1.82) is 0 Å². The summed E-state index contributed by atoms with van der Waals surface area (Å²) in [4.78, 5) is 20.5. The van der Waals surface area contributed by atoms with E-state index in [4.69, 9.17) is 16.3 Å². The van der Waals surface area contributed by atoms with Crippen LogP contribution in [0, 0.1) is 0 Å². The number of alkyl halides is 1. The number of hydrazone groups is 1. The van der Waals surface area contributed by atoms with Crippen LogP contribution in [0.5, 0.6) is 5.75 Å². The van der Waals surface area contributed by atoms with E-state index < -0.39 is 0 Å². The predicted octanol–water partition coefficient (Wildman–Crippen LogP) is 3.88. The van der Waals surface area contributed by atoms with Crippen LogP contribution in [0.15, 0.2) is 53.6 Å². The number of halogens is 1. The van der Waals surface area contributed by atoms with Gasteiger partial charge < -0.3 is 9.72 Å². The Balaban J connectivity index is 1.68. The molecule has 1 amide bonds. The first-order chi connectivity index (χ1) is 13.2. The van der Waals surface area contributed by atoms with Gasteiger partial charge in [0.2, 0.25) is 5.91 Å². The summed E-state index contributed by atoms with van der Waals surface area (Å²) >= 11 is 5.78. The van der Waals surface area contributed by atoms with Crippen molar-refractivity contribution in [3.8, 4) is 5.75 Å². The Bertz CT molecular complexity index is 964. The van der Waals surface area contributed by atoms with Crippen molar-refractivity contribution in [3.63, 3.8) is 0 Å². The van der Waals surface area contributed by atoms with Crippen molar-refractivity contribution < 1.29 is 9.53 Å². The van der Waals surface area contributed by atoms with E-state index in [1.54, 1.807) is 7.11 Å². The summed E-state index contributed by atoms with van der Waals surface area (Å²) in [6, 6.07) is 15.3. The number of carbonyl (C=O) groups excluding carboxylic acids is 1. The Labute approximate surface area is 161 Å². The van der Waals surface area contributed by atoms with Crippen LogP contribution in [0.3, 0.4) is 0 Å². The van der Waals surface area contributed by atoms with Crippen molar-refractivity contribution in [2.45, 2.75) is 18.9 Å². The predicted molar refractivity (Wildman–Crippen MR) is 105 cm³/mol. The average Bonchev–Trinajstić information content (AvgIpc) is 3.32. The molecule has 1 atom stereocenters. The number of nitrogens with one attached hydrogen (secondary N) is 1. The highest BCUT2D eigenvalue weighted by molar-refractivity contribution is 6.19. The molecule has 1 aromatic heterocycles. The molecule has 0 fully saturated rings. The van der Waals surface area contributed by atoms with E-state index in [1.807, 2.05) is 48.5 Å². The normalized spacial score (nSPS) is 16.6. The molecule has 1 aliphatic rings. The minimum atomic E-state index is -0.185. The molecule has 0 bridgehead atoms. The van der Waals surface area contributed by atoms with Crippen LogP contribution in [0.2, 0.25) is 0 Å². The number of rotatable bonds is 5. The van der Waals surface area contributed by atoms with E-state index in [-0.39, 0.29) is 24.2 Å². The Hall–Kier alpha value is -2.86. The lowest BCUT2D eigenvalue weighted by molar-refractivity contribution is -0.132. The molecule has 138 valence electrons. The lowest BCUT2D eigenvalue weighted by atomic mass is 10.0. The summed E-state index contributed by atoms with van der Waals surface area (Å²) in [7, 11) is 1.63. The molecule has 1 aliphatic heterocycles. The SMILES string of the molecule is COc1ccc([C@@H]2CC(c3nc4ccccc4[nH]3)=NN2C(=O)CCCl)cc1. The Morgan fingerprint density at radius 3 is 2.74 bits per heavy atom. The summed E-state index contributed by atoms with van der Waals surface area (Å²) in [5.41, 5.74) is 3.58. The van der Waals surface area contributed by atoms with E-state index in [1.165, 1.54) is 5.01 Å². The molecule has 4 rings (SSSR count). The van der Waals surface area contributed by atoms with Crippen molar-refractivity contribution in [1.82, 2.24) is 15.0 Å². The van der Waals surface area contributed by atoms with Crippen LogP contribution in [-0.4, -0.2) is 39.6 Å². The molecule has 0 saturated heterocycles. The molecular formula is C20H19ClN4O2. The summed E-state index contributed by atoms with van der Waals surface area (Å²) in [5.74, 6) is 1.63. The van der Waals surface area contributed by atoms with Crippen LogP contribution in [0.4, 0.5) is 0 Å². The maximum Gasteiger partial charge on any atom is 0.244 e. The molecule has 0 saturated carbocycles. The fourth-order valence-electron chi connectivity index (χ4n) is 3.25. The third-order valence-corrected chi connectivity index (χ3v) is 4.83. The lowest BCUT2D eigenvalue weighted by Crippen LogP contribution is -2.27. The smallest absolute Gasteiger partial charge is 0.244 e. The number of aromatic nitrogens is 2. The van der Waals surface area contributed by atoms with E-state index >= 15 is 0 Å². The van der Waals surface area contributed by atoms with Gasteiger partial charge >= 0.3 is 0 Å². The number of imidazole rings is 1. The van der Waals surface area contributed by atoms with E-state index in [0.29, 0.717) is 12.2 Å². The number of aromatic amines is 1. The Morgan fingerprint density at radius 2 is 2.04 bits per heavy atom. The highest BCUT2D eigenvalue weighted by Gasteiger charge is 2.33. The molecule has 3 aromatic rings. The summed E-state index contributed by atoms with van der Waals surface area (Å²) in [5, 5.41) is 6.12. The number of H-pyrrole nitrogens is 1. The first-order valence-corrected chi connectivity index (χ1v) is 9.27. The monoisotopic (exact) mass is 382 g/mol. The van der Waals surface area contributed by atoms with Gasteiger partial charge in [-0.05, 0) is 29.8 Å². The van der Waals surface area contributed by atoms with Gasteiger partial charge in [-0.15, -0.1) is 11.6 Å². The molecule has 27 heavy (non-hydrogen) atoms. The molecule has 0 unspecified atom stereocenters. The number of nitrogens with zero attached hydrogens (tertiary/aromatic N) is 3. The number of hydrogen-bond donors (Lipinski definition) is 1. The number of ether oxygens (including phenoxy) is 1. The standard InChI is InChI=1S/C20H19ClN4O2/c1-27-14-8-6-13(7-9-14)18-12-17(24-25(18)19(26)10-11-21)20-22-15-4-2-3-5-16(15)23-20/h2-9,18H,10-12H2,1H3,(H,22,23)/t18-/m0/s1. The van der Waals surface area contributed by atoms with Gasteiger partial charge in [-0.25, -0.2) is 9.99 Å². The van der Waals surface area contributed by atoms with Gasteiger partial charge in [0.15, 0.2) is 5.82 Å². The number of methoxy groups -OCH3 is 1. The van der Waals surface area contributed by atoms with Crippen LogP contribution in [0.1, 0.15) is 30.3 Å². The highest BCUT2D eigenvalue weighted by Crippen LogP contribution is 2.33. The zero-order valence-electron chi connectivity index (χ0n) is 14.9. The lowest BCUT2D eigenvalue weighted by Gasteiger charge is -2.21. The zero-order valence-corrected chi connectivity index (χ0v) is 15.6. The van der Waals surface area contributed by atoms with Gasteiger partial charge in [-0.3, -0.25) is 4.79 Å². The molecule has 0 aliphatic carbocycles. The number of benzene rings is 2. The molecule has 6 nitrogen and oxygen atoms in total. The number of para-hydroxylation sites is 2. The maximum atomic E-state index is 12.6. The number of carbonyl (C=O) groups is 1. The highest BCUT2D eigenvalue weighted by atomic mass is 35.5. The second kappa shape index (κ2) is 7.40. The summed E-state index contributed by atoms with van der Waals surface area (Å²) < 4.78 is 5.23. The minimum Gasteiger partial charge on any atom is -0.497 e. The Kier molecular flexibility index (Phi) is 4.81. The van der Waals surface area contributed by atoms with Crippen LogP contribution < -0.4 is 4.74 Å². The fraction of sp³-hybridized carbons (Fsp3) is 0.250. The number of amides is 1. The van der Waals surface area contributed by atoms with Crippen LogP contribution in [0.25, 0.3) is 11.0 Å². The van der Waals surface area contributed by atoms with Gasteiger partial charge in [0.1, 0.15) is 11.5 Å². The average molecular weight is 383 g/mol. The second-order valence-corrected chi connectivity index (χ2v) is 6.70. The molecular weight excluding hydrogens is 364 g/mol. The maximum absolute atomic E-state index is 12.6. The second-order valence-electron chi connectivity index (χ2n) is 6.32. The van der Waals surface area contributed by atoms with Crippen molar-refractivity contribution >= 4 is 34.3 Å². The van der Waals surface area contributed by atoms with E-state index in [9.17, 15) is 4.79 Å². The quantitative estimate of drug-likeness (QED) is 0.681. The summed E-state index contributed by atoms with van der Waals surface area (Å²) in [6.07, 6.45) is 0.825. The minimum absolute atomic E-state index is 0.100. The zero-order chi connectivity index (χ0) is 18.8. The van der Waals surface area contributed by atoms with Crippen LogP contribution >= 0.6 is 11.6 Å². The number of fused-ring (bicyclic) bond motifs is 1. The van der Waals surface area contributed by atoms with Gasteiger partial charge in [-0.1, -0.05) is 24.3 Å². The fourth-order valence-corrected chi connectivity index (χ4v) is 3.42. The van der Waals surface area contributed by atoms with Gasteiger partial charge in [0.25, 0.3) is 0 Å². The van der Waals surface area contributed by atoms with Crippen LogP contribution in [-0.2, 0) is 4.79 Å². The first-order valence-electron chi connectivity index (χ1n) is 8.74. The van der Waals surface area contributed by atoms with Gasteiger partial charge in [0, 0.05) is 18.7 Å².